The minimum Gasteiger partial charge on any atom is -0.493 e. The average Bonchev–Trinajstić information content (AvgIpc) is 3.22. The lowest BCUT2D eigenvalue weighted by molar-refractivity contribution is -0.162. The SMILES string of the molecule is CCc1ccc(-c2cc3ccc(OCC(COC(=O)C(C)C)CC(F)(F)F)cc3s2)c(CC)n1. The Morgan fingerprint density at radius 2 is 1.82 bits per heavy atom. The van der Waals surface area contributed by atoms with Crippen molar-refractivity contribution in [2.75, 3.05) is 13.2 Å². The van der Waals surface area contributed by atoms with Gasteiger partial charge in [0.1, 0.15) is 5.75 Å². The van der Waals surface area contributed by atoms with Crippen LogP contribution in [0.15, 0.2) is 36.4 Å². The molecule has 0 fully saturated rings. The molecular formula is C26H30F3NO3S. The third kappa shape index (κ3) is 6.95. The Morgan fingerprint density at radius 3 is 2.47 bits per heavy atom. The van der Waals surface area contributed by atoms with Gasteiger partial charge in [0.15, 0.2) is 0 Å². The van der Waals surface area contributed by atoms with Crippen LogP contribution in [0.2, 0.25) is 0 Å². The number of halogens is 3. The van der Waals surface area contributed by atoms with Gasteiger partial charge in [0.05, 0.1) is 25.6 Å². The monoisotopic (exact) mass is 493 g/mol. The van der Waals surface area contributed by atoms with Gasteiger partial charge < -0.3 is 9.47 Å². The predicted molar refractivity (Wildman–Crippen MR) is 129 cm³/mol. The second-order valence-corrected chi connectivity index (χ2v) is 9.68. The molecule has 0 bridgehead atoms. The number of aryl methyl sites for hydroxylation is 2. The molecule has 0 N–H and O–H groups in total. The molecule has 0 spiro atoms. The summed E-state index contributed by atoms with van der Waals surface area (Å²) in [6.07, 6.45) is -3.74. The van der Waals surface area contributed by atoms with Crippen LogP contribution in [-0.2, 0) is 22.4 Å². The molecule has 1 aromatic carbocycles. The predicted octanol–water partition coefficient (Wildman–Crippen LogP) is 7.23. The summed E-state index contributed by atoms with van der Waals surface area (Å²) in [6, 6.07) is 11.7. The maximum atomic E-state index is 13.0. The highest BCUT2D eigenvalue weighted by Crippen LogP contribution is 2.37. The molecule has 8 heteroatoms. The van der Waals surface area contributed by atoms with Crippen molar-refractivity contribution in [3.8, 4) is 16.2 Å². The van der Waals surface area contributed by atoms with Gasteiger partial charge in [-0.05, 0) is 54.6 Å². The summed E-state index contributed by atoms with van der Waals surface area (Å²) in [6.45, 7) is 6.91. The molecule has 3 aromatic rings. The number of ether oxygens (including phenoxy) is 2. The number of aromatic nitrogens is 1. The maximum absolute atomic E-state index is 13.0. The quantitative estimate of drug-likeness (QED) is 0.280. The van der Waals surface area contributed by atoms with Gasteiger partial charge in [0.2, 0.25) is 0 Å². The number of hydrogen-bond donors (Lipinski definition) is 0. The molecule has 1 unspecified atom stereocenters. The molecule has 1 atom stereocenters. The van der Waals surface area contributed by atoms with E-state index in [0.29, 0.717) is 5.75 Å². The lowest BCUT2D eigenvalue weighted by Gasteiger charge is -2.20. The first-order valence-electron chi connectivity index (χ1n) is 11.5. The molecule has 0 amide bonds. The van der Waals surface area contributed by atoms with Crippen molar-refractivity contribution in [3.05, 3.63) is 47.8 Å². The number of carbonyl (C=O) groups is 1. The molecule has 2 heterocycles. The minimum atomic E-state index is -4.37. The lowest BCUT2D eigenvalue weighted by atomic mass is 10.1. The molecule has 0 saturated carbocycles. The van der Waals surface area contributed by atoms with Crippen molar-refractivity contribution in [2.24, 2.45) is 11.8 Å². The first-order chi connectivity index (χ1) is 16.1. The molecule has 4 nitrogen and oxygen atoms in total. The number of thiophene rings is 1. The maximum Gasteiger partial charge on any atom is 0.389 e. The van der Waals surface area contributed by atoms with E-state index in [1.165, 1.54) is 0 Å². The van der Waals surface area contributed by atoms with E-state index in [9.17, 15) is 18.0 Å². The summed E-state index contributed by atoms with van der Waals surface area (Å²) in [7, 11) is 0. The molecule has 0 aliphatic carbocycles. The Morgan fingerprint density at radius 1 is 1.06 bits per heavy atom. The van der Waals surface area contributed by atoms with Crippen molar-refractivity contribution in [1.29, 1.82) is 0 Å². The topological polar surface area (TPSA) is 48.4 Å². The van der Waals surface area contributed by atoms with Crippen molar-refractivity contribution >= 4 is 27.4 Å². The van der Waals surface area contributed by atoms with Gasteiger partial charge in [0, 0.05) is 32.4 Å². The van der Waals surface area contributed by atoms with E-state index in [0.717, 1.165) is 44.8 Å². The number of fused-ring (bicyclic) bond motifs is 1. The number of nitrogens with zero attached hydrogens (tertiary/aromatic N) is 1. The Kier molecular flexibility index (Phi) is 8.57. The van der Waals surface area contributed by atoms with E-state index in [1.54, 1.807) is 31.3 Å². The van der Waals surface area contributed by atoms with Gasteiger partial charge in [-0.1, -0.05) is 27.7 Å². The minimum absolute atomic E-state index is 0.197. The number of benzene rings is 1. The van der Waals surface area contributed by atoms with E-state index in [1.807, 2.05) is 18.2 Å². The van der Waals surface area contributed by atoms with E-state index >= 15 is 0 Å². The normalized spacial score (nSPS) is 12.8. The largest absolute Gasteiger partial charge is 0.493 e. The molecule has 3 rings (SSSR count). The number of carbonyl (C=O) groups excluding carboxylic acids is 1. The van der Waals surface area contributed by atoms with Crippen LogP contribution in [0.1, 0.15) is 45.5 Å². The summed E-state index contributed by atoms with van der Waals surface area (Å²) < 4.78 is 50.7. The molecule has 2 aromatic heterocycles. The first-order valence-corrected chi connectivity index (χ1v) is 12.3. The van der Waals surface area contributed by atoms with E-state index in [2.05, 4.69) is 26.0 Å². The number of esters is 1. The average molecular weight is 494 g/mol. The van der Waals surface area contributed by atoms with Crippen molar-refractivity contribution in [2.45, 2.75) is 53.1 Å². The highest BCUT2D eigenvalue weighted by molar-refractivity contribution is 7.22. The summed E-state index contributed by atoms with van der Waals surface area (Å²) in [5.41, 5.74) is 3.21. The van der Waals surface area contributed by atoms with Crippen LogP contribution in [0.5, 0.6) is 5.75 Å². The van der Waals surface area contributed by atoms with Gasteiger partial charge in [-0.25, -0.2) is 0 Å². The summed E-state index contributed by atoms with van der Waals surface area (Å²) in [5.74, 6) is -1.41. The fourth-order valence-corrected chi connectivity index (χ4v) is 4.68. The molecular weight excluding hydrogens is 463 g/mol. The van der Waals surface area contributed by atoms with E-state index in [-0.39, 0.29) is 13.2 Å². The fourth-order valence-electron chi connectivity index (χ4n) is 3.55. The summed E-state index contributed by atoms with van der Waals surface area (Å²) >= 11 is 1.60. The Labute approximate surface area is 202 Å². The van der Waals surface area contributed by atoms with Crippen molar-refractivity contribution in [3.63, 3.8) is 0 Å². The Bertz CT molecular complexity index is 1120. The van der Waals surface area contributed by atoms with Crippen LogP contribution in [0, 0.1) is 11.8 Å². The third-order valence-electron chi connectivity index (χ3n) is 5.42. The van der Waals surface area contributed by atoms with Gasteiger partial charge in [0.25, 0.3) is 0 Å². The van der Waals surface area contributed by atoms with Crippen LogP contribution >= 0.6 is 11.3 Å². The number of hydrogen-bond acceptors (Lipinski definition) is 5. The third-order valence-corrected chi connectivity index (χ3v) is 6.56. The molecule has 34 heavy (non-hydrogen) atoms. The standard InChI is InChI=1S/C26H30F3NO3S/c1-5-19-8-10-21(22(6-2)30-19)24-11-18-7-9-20(12-23(18)34-24)32-14-17(13-26(27,28)29)15-33-25(31)16(3)4/h7-12,16-17H,5-6,13-15H2,1-4H3. The Balaban J connectivity index is 1.75. The smallest absolute Gasteiger partial charge is 0.389 e. The zero-order valence-electron chi connectivity index (χ0n) is 19.9. The van der Waals surface area contributed by atoms with Gasteiger partial charge >= 0.3 is 12.1 Å². The summed E-state index contributed by atoms with van der Waals surface area (Å²) in [4.78, 5) is 17.5. The molecule has 0 aliphatic heterocycles. The Hall–Kier alpha value is -2.61. The van der Waals surface area contributed by atoms with Crippen LogP contribution in [-0.4, -0.2) is 30.3 Å². The molecule has 0 radical (unpaired) electrons. The van der Waals surface area contributed by atoms with Crippen LogP contribution in [0.3, 0.4) is 0 Å². The van der Waals surface area contributed by atoms with Crippen LogP contribution in [0.25, 0.3) is 20.5 Å². The van der Waals surface area contributed by atoms with Crippen LogP contribution in [0.4, 0.5) is 13.2 Å². The number of pyridine rings is 1. The fraction of sp³-hybridized carbons (Fsp3) is 0.462. The zero-order valence-corrected chi connectivity index (χ0v) is 20.7. The van der Waals surface area contributed by atoms with Crippen molar-refractivity contribution in [1.82, 2.24) is 4.98 Å². The highest BCUT2D eigenvalue weighted by Gasteiger charge is 2.33. The van der Waals surface area contributed by atoms with Gasteiger partial charge in [-0.2, -0.15) is 13.2 Å². The molecule has 184 valence electrons. The second kappa shape index (κ2) is 11.2. The van der Waals surface area contributed by atoms with Gasteiger partial charge in [-0.15, -0.1) is 11.3 Å². The summed E-state index contributed by atoms with van der Waals surface area (Å²) in [5, 5.41) is 1.03. The number of alkyl halides is 3. The van der Waals surface area contributed by atoms with Crippen LogP contribution < -0.4 is 4.74 Å². The number of rotatable bonds is 10. The van der Waals surface area contributed by atoms with Gasteiger partial charge in [-0.3, -0.25) is 9.78 Å². The molecule has 0 saturated heterocycles. The van der Waals surface area contributed by atoms with Crippen molar-refractivity contribution < 1.29 is 27.4 Å². The van der Waals surface area contributed by atoms with E-state index < -0.39 is 30.4 Å². The van der Waals surface area contributed by atoms with E-state index in [4.69, 9.17) is 14.5 Å². The first kappa shape index (κ1) is 26.0. The highest BCUT2D eigenvalue weighted by atomic mass is 32.1. The molecule has 0 aliphatic rings. The zero-order chi connectivity index (χ0) is 24.9. The lowest BCUT2D eigenvalue weighted by Crippen LogP contribution is -2.27. The second-order valence-electron chi connectivity index (χ2n) is 8.60.